The Labute approximate surface area is 229 Å². The number of ether oxygens (including phenoxy) is 1. The predicted octanol–water partition coefficient (Wildman–Crippen LogP) is 7.17. The second kappa shape index (κ2) is 11.3. The lowest BCUT2D eigenvalue weighted by atomic mass is 9.98. The number of alkyl halides is 3. The quantitative estimate of drug-likeness (QED) is 0.315. The second-order valence-electron chi connectivity index (χ2n) is 10.0. The van der Waals surface area contributed by atoms with E-state index >= 15 is 0 Å². The molecule has 0 spiro atoms. The van der Waals surface area contributed by atoms with Crippen molar-refractivity contribution in [1.82, 2.24) is 4.90 Å². The minimum atomic E-state index is -4.41. The molecular weight excluding hydrogens is 525 g/mol. The van der Waals surface area contributed by atoms with Crippen LogP contribution in [-0.2, 0) is 16.7 Å². The van der Waals surface area contributed by atoms with Gasteiger partial charge >= 0.3 is 6.18 Å². The maximum Gasteiger partial charge on any atom is 0.416 e. The number of hydrogen-bond donors (Lipinski definition) is 1. The summed E-state index contributed by atoms with van der Waals surface area (Å²) in [6.07, 6.45) is -1.69. The summed E-state index contributed by atoms with van der Waals surface area (Å²) in [6, 6.07) is 20.3. The van der Waals surface area contributed by atoms with E-state index in [0.717, 1.165) is 46.9 Å². The molecule has 2 saturated heterocycles. The smallest absolute Gasteiger partial charge is 0.416 e. The highest BCUT2D eigenvalue weighted by Gasteiger charge is 2.44. The summed E-state index contributed by atoms with van der Waals surface area (Å²) < 4.78 is 45.1. The largest absolute Gasteiger partial charge is 0.490 e. The minimum absolute atomic E-state index is 0.00668. The molecule has 9 heteroatoms. The number of hydrogen-bond acceptors (Lipinski definition) is 4. The fourth-order valence-corrected chi connectivity index (χ4v) is 6.24. The van der Waals surface area contributed by atoms with Crippen LogP contribution in [0.2, 0.25) is 0 Å². The van der Waals surface area contributed by atoms with Crippen molar-refractivity contribution in [2.45, 2.75) is 67.6 Å². The van der Waals surface area contributed by atoms with Crippen molar-refractivity contribution in [2.75, 3.05) is 5.32 Å². The van der Waals surface area contributed by atoms with Gasteiger partial charge in [0, 0.05) is 53.7 Å². The summed E-state index contributed by atoms with van der Waals surface area (Å²) in [5.74, 6) is 0.849. The normalized spacial score (nSPS) is 20.5. The maximum absolute atomic E-state index is 13.4. The highest BCUT2D eigenvalue weighted by atomic mass is 32.2. The molecule has 0 aliphatic carbocycles. The highest BCUT2D eigenvalue weighted by molar-refractivity contribution is 7.98. The molecule has 2 aliphatic heterocycles. The van der Waals surface area contributed by atoms with E-state index in [4.69, 9.17) is 4.74 Å². The molecular formula is C30H29F3N2O3S. The summed E-state index contributed by atoms with van der Waals surface area (Å²) in [5, 5.41) is 2.75. The molecule has 3 aromatic carbocycles. The van der Waals surface area contributed by atoms with Crippen molar-refractivity contribution in [2.24, 2.45) is 0 Å². The lowest BCUT2D eigenvalue weighted by Crippen LogP contribution is -2.49. The van der Waals surface area contributed by atoms with Crippen LogP contribution in [-0.4, -0.2) is 34.9 Å². The van der Waals surface area contributed by atoms with Crippen LogP contribution in [0.3, 0.4) is 0 Å². The van der Waals surface area contributed by atoms with E-state index in [0.29, 0.717) is 18.4 Å². The number of carbonyl (C=O) groups is 2. The molecule has 2 aliphatic rings. The molecule has 5 rings (SSSR count). The Morgan fingerprint density at radius 1 is 0.974 bits per heavy atom. The Hall–Kier alpha value is -3.46. The van der Waals surface area contributed by atoms with Crippen molar-refractivity contribution in [3.63, 3.8) is 0 Å². The Balaban J connectivity index is 1.16. The van der Waals surface area contributed by atoms with Gasteiger partial charge in [0.1, 0.15) is 11.9 Å². The van der Waals surface area contributed by atoms with E-state index < -0.39 is 11.7 Å². The standard InChI is InChI=1S/C30H29F3N2O3S/c1-19(36)34-23-9-13-28(14-10-23)39-18-20-5-7-21(8-6-20)29(37)35-24-11-12-25(35)17-27(16-24)38-26-4-2-3-22(15-26)30(31,32)33/h2-10,13-15,24-25,27H,11-12,16-18H2,1H3,(H,34,36). The van der Waals surface area contributed by atoms with Gasteiger partial charge in [-0.3, -0.25) is 9.59 Å². The second-order valence-corrected chi connectivity index (χ2v) is 11.1. The van der Waals surface area contributed by atoms with E-state index in [-0.39, 0.29) is 35.8 Å². The predicted molar refractivity (Wildman–Crippen MR) is 145 cm³/mol. The number of piperidine rings is 1. The first-order chi connectivity index (χ1) is 18.7. The van der Waals surface area contributed by atoms with Crippen molar-refractivity contribution < 1.29 is 27.5 Å². The minimum Gasteiger partial charge on any atom is -0.490 e. The fourth-order valence-electron chi connectivity index (χ4n) is 5.39. The van der Waals surface area contributed by atoms with Gasteiger partial charge in [-0.25, -0.2) is 0 Å². The third kappa shape index (κ3) is 6.58. The number of amides is 2. The molecule has 2 bridgehead atoms. The van der Waals surface area contributed by atoms with Gasteiger partial charge in [0.25, 0.3) is 5.91 Å². The lowest BCUT2D eigenvalue weighted by Gasteiger charge is -2.39. The first kappa shape index (κ1) is 27.1. The van der Waals surface area contributed by atoms with Crippen LogP contribution in [0.4, 0.5) is 18.9 Å². The van der Waals surface area contributed by atoms with Gasteiger partial charge in [-0.1, -0.05) is 18.2 Å². The van der Waals surface area contributed by atoms with E-state index in [1.807, 2.05) is 53.4 Å². The zero-order valence-corrected chi connectivity index (χ0v) is 22.2. The molecule has 2 unspecified atom stereocenters. The molecule has 3 aromatic rings. The van der Waals surface area contributed by atoms with Crippen LogP contribution in [0, 0.1) is 0 Å². The Morgan fingerprint density at radius 2 is 1.64 bits per heavy atom. The first-order valence-corrected chi connectivity index (χ1v) is 13.9. The van der Waals surface area contributed by atoms with Crippen LogP contribution in [0.15, 0.2) is 77.7 Å². The molecule has 2 amide bonds. The van der Waals surface area contributed by atoms with Crippen LogP contribution in [0.1, 0.15) is 54.1 Å². The third-order valence-corrected chi connectivity index (χ3v) is 8.25. The fraction of sp³-hybridized carbons (Fsp3) is 0.333. The number of nitrogens with zero attached hydrogens (tertiary/aromatic N) is 1. The molecule has 5 nitrogen and oxygen atoms in total. The van der Waals surface area contributed by atoms with E-state index in [9.17, 15) is 22.8 Å². The SMILES string of the molecule is CC(=O)Nc1ccc(SCc2ccc(C(=O)N3C4CCC3CC(Oc3cccc(C(F)(F)F)c3)C4)cc2)cc1. The Morgan fingerprint density at radius 3 is 2.26 bits per heavy atom. The molecule has 0 radical (unpaired) electrons. The van der Waals surface area contributed by atoms with Gasteiger partial charge in [-0.2, -0.15) is 13.2 Å². The molecule has 2 fully saturated rings. The number of thioether (sulfide) groups is 1. The zero-order valence-electron chi connectivity index (χ0n) is 21.4. The van der Waals surface area contributed by atoms with Crippen LogP contribution >= 0.6 is 11.8 Å². The molecule has 0 saturated carbocycles. The van der Waals surface area contributed by atoms with Crippen LogP contribution in [0.25, 0.3) is 0 Å². The molecule has 39 heavy (non-hydrogen) atoms. The number of rotatable bonds is 7. The van der Waals surface area contributed by atoms with Crippen LogP contribution in [0.5, 0.6) is 5.75 Å². The summed E-state index contributed by atoms with van der Waals surface area (Å²) in [7, 11) is 0. The average Bonchev–Trinajstić information content (AvgIpc) is 3.17. The third-order valence-electron chi connectivity index (χ3n) is 7.17. The summed E-state index contributed by atoms with van der Waals surface area (Å²) in [5.41, 5.74) is 1.77. The summed E-state index contributed by atoms with van der Waals surface area (Å²) in [6.45, 7) is 1.48. The number of halogens is 3. The topological polar surface area (TPSA) is 58.6 Å². The monoisotopic (exact) mass is 554 g/mol. The molecule has 204 valence electrons. The van der Waals surface area contributed by atoms with Gasteiger partial charge < -0.3 is 15.0 Å². The zero-order chi connectivity index (χ0) is 27.6. The van der Waals surface area contributed by atoms with Crippen molar-refractivity contribution in [1.29, 1.82) is 0 Å². The van der Waals surface area contributed by atoms with Gasteiger partial charge in [-0.15, -0.1) is 11.8 Å². The Kier molecular flexibility index (Phi) is 7.88. The molecule has 1 N–H and O–H groups in total. The average molecular weight is 555 g/mol. The van der Waals surface area contributed by atoms with Gasteiger partial charge in [0.05, 0.1) is 5.56 Å². The van der Waals surface area contributed by atoms with E-state index in [1.54, 1.807) is 17.8 Å². The molecule has 0 aromatic heterocycles. The van der Waals surface area contributed by atoms with Gasteiger partial charge in [0.15, 0.2) is 0 Å². The number of fused-ring (bicyclic) bond motifs is 2. The molecule has 2 atom stereocenters. The highest BCUT2D eigenvalue weighted by Crippen LogP contribution is 2.39. The van der Waals surface area contributed by atoms with E-state index in [2.05, 4.69) is 5.32 Å². The van der Waals surface area contributed by atoms with Gasteiger partial charge in [0.2, 0.25) is 5.91 Å². The van der Waals surface area contributed by atoms with Crippen LogP contribution < -0.4 is 10.1 Å². The van der Waals surface area contributed by atoms with Crippen molar-refractivity contribution >= 4 is 29.3 Å². The first-order valence-electron chi connectivity index (χ1n) is 12.9. The summed E-state index contributed by atoms with van der Waals surface area (Å²) >= 11 is 1.67. The number of anilines is 1. The summed E-state index contributed by atoms with van der Waals surface area (Å²) in [4.78, 5) is 27.6. The number of benzene rings is 3. The van der Waals surface area contributed by atoms with E-state index in [1.165, 1.54) is 13.0 Å². The van der Waals surface area contributed by atoms with Crippen molar-refractivity contribution in [3.8, 4) is 5.75 Å². The Bertz CT molecular complexity index is 1310. The maximum atomic E-state index is 13.4. The number of nitrogens with one attached hydrogen (secondary N) is 1. The van der Waals surface area contributed by atoms with Gasteiger partial charge in [-0.05, 0) is 73.0 Å². The van der Waals surface area contributed by atoms with Crippen molar-refractivity contribution in [3.05, 3.63) is 89.5 Å². The lowest BCUT2D eigenvalue weighted by molar-refractivity contribution is -0.137. The molecule has 2 heterocycles. The number of carbonyl (C=O) groups excluding carboxylic acids is 2.